The van der Waals surface area contributed by atoms with Crippen LogP contribution in [0.4, 0.5) is 11.4 Å². The predicted octanol–water partition coefficient (Wildman–Crippen LogP) is 4.51. The van der Waals surface area contributed by atoms with Crippen molar-refractivity contribution >= 4 is 34.8 Å². The van der Waals surface area contributed by atoms with Crippen LogP contribution in [-0.2, 0) is 16.0 Å². The van der Waals surface area contributed by atoms with Crippen LogP contribution in [0.1, 0.15) is 30.5 Å². The lowest BCUT2D eigenvalue weighted by atomic mass is 9.90. The van der Waals surface area contributed by atoms with Crippen LogP contribution in [0, 0.1) is 19.3 Å². The predicted molar refractivity (Wildman–Crippen MR) is 106 cm³/mol. The first-order valence-electron chi connectivity index (χ1n) is 8.70. The number of hydrogen-bond acceptors (Lipinski definition) is 2. The van der Waals surface area contributed by atoms with Crippen LogP contribution in [0.15, 0.2) is 36.4 Å². The minimum Gasteiger partial charge on any atom is -0.324 e. The first-order valence-corrected chi connectivity index (χ1v) is 9.07. The largest absolute Gasteiger partial charge is 0.324 e. The van der Waals surface area contributed by atoms with E-state index in [1.54, 1.807) is 24.8 Å². The summed E-state index contributed by atoms with van der Waals surface area (Å²) >= 11 is 6.29. The van der Waals surface area contributed by atoms with Crippen LogP contribution in [-0.4, -0.2) is 18.4 Å². The zero-order chi connectivity index (χ0) is 19.1. The van der Waals surface area contributed by atoms with Crippen molar-refractivity contribution in [3.05, 3.63) is 58.1 Å². The van der Waals surface area contributed by atoms with Gasteiger partial charge in [-0.25, -0.2) is 0 Å². The number of para-hydroxylation sites is 1. The maximum Gasteiger partial charge on any atom is 0.242 e. The van der Waals surface area contributed by atoms with Gasteiger partial charge >= 0.3 is 0 Å². The number of nitrogens with zero attached hydrogens (tertiary/aromatic N) is 1. The molecule has 2 amide bonds. The average molecular weight is 371 g/mol. The number of halogens is 1. The zero-order valence-corrected chi connectivity index (χ0v) is 16.3. The van der Waals surface area contributed by atoms with Gasteiger partial charge in [-0.3, -0.25) is 9.59 Å². The monoisotopic (exact) mass is 370 g/mol. The maximum absolute atomic E-state index is 13.1. The number of fused-ring (bicyclic) bond motifs is 1. The van der Waals surface area contributed by atoms with Crippen molar-refractivity contribution in [2.24, 2.45) is 5.41 Å². The number of carbonyl (C=O) groups excluding carboxylic acids is 2. The summed E-state index contributed by atoms with van der Waals surface area (Å²) in [5.74, 6) is -0.568. The Morgan fingerprint density at radius 3 is 2.54 bits per heavy atom. The molecule has 1 N–H and O–H groups in total. The Morgan fingerprint density at radius 2 is 1.85 bits per heavy atom. The van der Waals surface area contributed by atoms with E-state index >= 15 is 0 Å². The second kappa shape index (κ2) is 6.76. The van der Waals surface area contributed by atoms with E-state index in [2.05, 4.69) is 5.32 Å². The minimum atomic E-state index is -1.21. The topological polar surface area (TPSA) is 49.4 Å². The van der Waals surface area contributed by atoms with E-state index in [4.69, 9.17) is 11.6 Å². The summed E-state index contributed by atoms with van der Waals surface area (Å²) in [4.78, 5) is 27.7. The van der Waals surface area contributed by atoms with Crippen LogP contribution >= 0.6 is 11.6 Å². The second-order valence-electron chi connectivity index (χ2n) is 7.35. The van der Waals surface area contributed by atoms with E-state index < -0.39 is 5.41 Å². The standard InChI is InChI=1S/C21H23ClN2O2/c1-13-11-14(2)18(16(22)12-13)23-19(25)21(3,4)20(26)24-10-9-15-7-5-6-8-17(15)24/h5-8,11-12H,9-10H2,1-4H3,(H,23,25). The normalized spacial score (nSPS) is 13.5. The van der Waals surface area contributed by atoms with Crippen LogP contribution < -0.4 is 10.2 Å². The van der Waals surface area contributed by atoms with Crippen molar-refractivity contribution in [2.75, 3.05) is 16.8 Å². The molecule has 136 valence electrons. The molecule has 0 saturated heterocycles. The fourth-order valence-electron chi connectivity index (χ4n) is 3.33. The molecule has 0 atom stereocenters. The lowest BCUT2D eigenvalue weighted by Crippen LogP contribution is -2.47. The molecule has 0 unspecified atom stereocenters. The molecule has 1 aliphatic heterocycles. The smallest absolute Gasteiger partial charge is 0.242 e. The summed E-state index contributed by atoms with van der Waals surface area (Å²) < 4.78 is 0. The van der Waals surface area contributed by atoms with Crippen molar-refractivity contribution in [3.8, 4) is 0 Å². The van der Waals surface area contributed by atoms with Crippen LogP contribution in [0.25, 0.3) is 0 Å². The van der Waals surface area contributed by atoms with Gasteiger partial charge in [-0.15, -0.1) is 0 Å². The van der Waals surface area contributed by atoms with E-state index in [9.17, 15) is 9.59 Å². The lowest BCUT2D eigenvalue weighted by Gasteiger charge is -2.29. The molecule has 5 heteroatoms. The van der Waals surface area contributed by atoms with Crippen molar-refractivity contribution in [1.82, 2.24) is 0 Å². The number of carbonyl (C=O) groups is 2. The number of anilines is 2. The number of amides is 2. The SMILES string of the molecule is Cc1cc(C)c(NC(=O)C(C)(C)C(=O)N2CCc3ccccc32)c(Cl)c1. The van der Waals surface area contributed by atoms with Crippen molar-refractivity contribution in [2.45, 2.75) is 34.1 Å². The summed E-state index contributed by atoms with van der Waals surface area (Å²) in [5, 5.41) is 3.33. The fraction of sp³-hybridized carbons (Fsp3) is 0.333. The second-order valence-corrected chi connectivity index (χ2v) is 7.76. The third-order valence-corrected chi connectivity index (χ3v) is 5.20. The van der Waals surface area contributed by atoms with E-state index in [1.165, 1.54) is 0 Å². The highest BCUT2D eigenvalue weighted by molar-refractivity contribution is 6.34. The minimum absolute atomic E-state index is 0.208. The molecule has 0 radical (unpaired) electrons. The van der Waals surface area contributed by atoms with Gasteiger partial charge in [0.2, 0.25) is 11.8 Å². The van der Waals surface area contributed by atoms with Gasteiger partial charge in [-0.05, 0) is 62.9 Å². The Hall–Kier alpha value is -2.33. The van der Waals surface area contributed by atoms with Crippen molar-refractivity contribution in [3.63, 3.8) is 0 Å². The van der Waals surface area contributed by atoms with Gasteiger partial charge in [0.25, 0.3) is 0 Å². The number of hydrogen-bond donors (Lipinski definition) is 1. The molecule has 0 saturated carbocycles. The van der Waals surface area contributed by atoms with E-state index in [-0.39, 0.29) is 11.8 Å². The molecule has 0 fully saturated rings. The van der Waals surface area contributed by atoms with E-state index in [1.807, 2.05) is 44.2 Å². The van der Waals surface area contributed by atoms with Crippen molar-refractivity contribution < 1.29 is 9.59 Å². The summed E-state index contributed by atoms with van der Waals surface area (Å²) in [6.45, 7) is 7.74. The molecular weight excluding hydrogens is 348 g/mol. The molecule has 0 aliphatic carbocycles. The highest BCUT2D eigenvalue weighted by Crippen LogP contribution is 2.34. The number of aryl methyl sites for hydroxylation is 2. The van der Waals surface area contributed by atoms with Crippen LogP contribution in [0.3, 0.4) is 0 Å². The zero-order valence-electron chi connectivity index (χ0n) is 15.5. The highest BCUT2D eigenvalue weighted by Gasteiger charge is 2.41. The quantitative estimate of drug-likeness (QED) is 0.808. The molecule has 3 rings (SSSR count). The molecular formula is C21H23ClN2O2. The van der Waals surface area contributed by atoms with E-state index in [0.29, 0.717) is 17.3 Å². The van der Waals surface area contributed by atoms with Crippen molar-refractivity contribution in [1.29, 1.82) is 0 Å². The van der Waals surface area contributed by atoms with Gasteiger partial charge in [0.15, 0.2) is 0 Å². The number of benzene rings is 2. The summed E-state index contributed by atoms with van der Waals surface area (Å²) in [6.07, 6.45) is 0.808. The molecule has 1 aliphatic rings. The first kappa shape index (κ1) is 18.5. The molecule has 1 heterocycles. The average Bonchev–Trinajstić information content (AvgIpc) is 3.01. The molecule has 4 nitrogen and oxygen atoms in total. The van der Waals surface area contributed by atoms with Gasteiger partial charge in [-0.2, -0.15) is 0 Å². The maximum atomic E-state index is 13.1. The van der Waals surface area contributed by atoms with E-state index in [0.717, 1.165) is 28.8 Å². The Labute approximate surface area is 159 Å². The molecule has 2 aromatic rings. The van der Waals surface area contributed by atoms with Crippen LogP contribution in [0.5, 0.6) is 0 Å². The molecule has 26 heavy (non-hydrogen) atoms. The molecule has 2 aromatic carbocycles. The Bertz CT molecular complexity index is 866. The van der Waals surface area contributed by atoms with Gasteiger partial charge in [-0.1, -0.05) is 35.9 Å². The summed E-state index contributed by atoms with van der Waals surface area (Å²) in [7, 11) is 0. The van der Waals surface area contributed by atoms with Gasteiger partial charge in [0.1, 0.15) is 5.41 Å². The third kappa shape index (κ3) is 3.21. The molecule has 0 bridgehead atoms. The highest BCUT2D eigenvalue weighted by atomic mass is 35.5. The number of rotatable bonds is 3. The van der Waals surface area contributed by atoms with Gasteiger partial charge in [0.05, 0.1) is 10.7 Å². The Kier molecular flexibility index (Phi) is 4.80. The summed E-state index contributed by atoms with van der Waals surface area (Å²) in [6, 6.07) is 11.6. The lowest BCUT2D eigenvalue weighted by molar-refractivity contribution is -0.136. The van der Waals surface area contributed by atoms with Gasteiger partial charge < -0.3 is 10.2 Å². The number of nitrogens with one attached hydrogen (secondary N) is 1. The van der Waals surface area contributed by atoms with Crippen LogP contribution in [0.2, 0.25) is 5.02 Å². The molecule has 0 aromatic heterocycles. The summed E-state index contributed by atoms with van der Waals surface area (Å²) in [5.41, 5.74) is 3.27. The molecule has 0 spiro atoms. The Balaban J connectivity index is 1.84. The first-order chi connectivity index (χ1) is 12.2. The third-order valence-electron chi connectivity index (χ3n) is 4.90. The van der Waals surface area contributed by atoms with Gasteiger partial charge in [0, 0.05) is 12.2 Å². The fourth-order valence-corrected chi connectivity index (χ4v) is 3.70. The Morgan fingerprint density at radius 1 is 1.15 bits per heavy atom.